The zero-order valence-electron chi connectivity index (χ0n) is 13.5. The summed E-state index contributed by atoms with van der Waals surface area (Å²) in [7, 11) is 1.75. The van der Waals surface area contributed by atoms with Gasteiger partial charge in [0.25, 0.3) is 5.91 Å². The fourth-order valence-electron chi connectivity index (χ4n) is 2.42. The molecule has 2 heterocycles. The van der Waals surface area contributed by atoms with Crippen LogP contribution in [0.25, 0.3) is 0 Å². The van der Waals surface area contributed by atoms with Gasteiger partial charge in [-0.1, -0.05) is 20.8 Å². The number of amides is 1. The van der Waals surface area contributed by atoms with Crippen LogP contribution in [0.1, 0.15) is 43.4 Å². The summed E-state index contributed by atoms with van der Waals surface area (Å²) in [6.45, 7) is 7.24. The minimum absolute atomic E-state index is 0.0948. The van der Waals surface area contributed by atoms with Gasteiger partial charge in [0.15, 0.2) is 0 Å². The normalized spacial score (nSPS) is 19.3. The van der Waals surface area contributed by atoms with E-state index >= 15 is 0 Å². The van der Waals surface area contributed by atoms with Crippen molar-refractivity contribution >= 4 is 11.9 Å². The Morgan fingerprint density at radius 1 is 1.45 bits per heavy atom. The van der Waals surface area contributed by atoms with Crippen LogP contribution in [0.15, 0.2) is 6.07 Å². The first kappa shape index (κ1) is 16.5. The molecule has 0 radical (unpaired) electrons. The summed E-state index contributed by atoms with van der Waals surface area (Å²) in [5.74, 6) is -1.06. The SMILES string of the molecule is Cn1nc(C(C)(C)C)cc1C(=O)N1CCOC(CC(=O)O)C1. The summed E-state index contributed by atoms with van der Waals surface area (Å²) >= 11 is 0. The number of rotatable bonds is 3. The lowest BCUT2D eigenvalue weighted by Gasteiger charge is -2.32. The van der Waals surface area contributed by atoms with Gasteiger partial charge in [0.05, 0.1) is 24.8 Å². The third kappa shape index (κ3) is 3.65. The Bertz CT molecular complexity index is 574. The number of carboxylic acid groups (broad SMARTS) is 1. The first-order valence-corrected chi connectivity index (χ1v) is 7.35. The topological polar surface area (TPSA) is 84.7 Å². The number of carbonyl (C=O) groups excluding carboxylic acids is 1. The minimum atomic E-state index is -0.921. The van der Waals surface area contributed by atoms with Crippen molar-refractivity contribution in [2.24, 2.45) is 7.05 Å². The fourth-order valence-corrected chi connectivity index (χ4v) is 2.42. The maximum absolute atomic E-state index is 12.7. The molecular formula is C15H23N3O4. The number of aromatic nitrogens is 2. The third-order valence-corrected chi connectivity index (χ3v) is 3.70. The van der Waals surface area contributed by atoms with Gasteiger partial charge >= 0.3 is 5.97 Å². The predicted molar refractivity (Wildman–Crippen MR) is 79.8 cm³/mol. The zero-order valence-corrected chi connectivity index (χ0v) is 13.5. The number of nitrogens with zero attached hydrogens (tertiary/aromatic N) is 3. The number of hydrogen-bond acceptors (Lipinski definition) is 4. The summed E-state index contributed by atoms with van der Waals surface area (Å²) < 4.78 is 6.99. The van der Waals surface area contributed by atoms with E-state index in [-0.39, 0.29) is 17.7 Å². The number of aryl methyl sites for hydroxylation is 1. The van der Waals surface area contributed by atoms with Gasteiger partial charge in [0.2, 0.25) is 0 Å². The average Bonchev–Trinajstić information content (AvgIpc) is 2.79. The summed E-state index contributed by atoms with van der Waals surface area (Å²) in [6, 6.07) is 1.81. The highest BCUT2D eigenvalue weighted by atomic mass is 16.5. The fraction of sp³-hybridized carbons (Fsp3) is 0.667. The van der Waals surface area contributed by atoms with Crippen molar-refractivity contribution in [1.29, 1.82) is 0 Å². The first-order valence-electron chi connectivity index (χ1n) is 7.35. The molecule has 7 heteroatoms. The third-order valence-electron chi connectivity index (χ3n) is 3.70. The van der Waals surface area contributed by atoms with Crippen LogP contribution in [0, 0.1) is 0 Å². The summed E-state index contributed by atoms with van der Waals surface area (Å²) in [6.07, 6.45) is -0.548. The van der Waals surface area contributed by atoms with Crippen molar-refractivity contribution in [3.63, 3.8) is 0 Å². The van der Waals surface area contributed by atoms with Crippen LogP contribution >= 0.6 is 0 Å². The second-order valence-corrected chi connectivity index (χ2v) is 6.63. The highest BCUT2D eigenvalue weighted by molar-refractivity contribution is 5.93. The molecule has 1 N–H and O–H groups in total. The van der Waals surface area contributed by atoms with Gasteiger partial charge in [-0.3, -0.25) is 14.3 Å². The Morgan fingerprint density at radius 3 is 2.68 bits per heavy atom. The molecule has 0 bridgehead atoms. The Hall–Kier alpha value is -1.89. The highest BCUT2D eigenvalue weighted by Crippen LogP contribution is 2.22. The maximum Gasteiger partial charge on any atom is 0.306 e. The lowest BCUT2D eigenvalue weighted by molar-refractivity contribution is -0.141. The molecule has 7 nitrogen and oxygen atoms in total. The quantitative estimate of drug-likeness (QED) is 0.901. The van der Waals surface area contributed by atoms with Gasteiger partial charge in [0.1, 0.15) is 5.69 Å². The van der Waals surface area contributed by atoms with Crippen molar-refractivity contribution in [3.05, 3.63) is 17.5 Å². The van der Waals surface area contributed by atoms with Gasteiger partial charge in [-0.2, -0.15) is 5.10 Å². The molecule has 22 heavy (non-hydrogen) atoms. The van der Waals surface area contributed by atoms with E-state index in [0.29, 0.717) is 25.4 Å². The number of carbonyl (C=O) groups is 2. The van der Waals surface area contributed by atoms with Crippen molar-refractivity contribution in [1.82, 2.24) is 14.7 Å². The maximum atomic E-state index is 12.7. The Kier molecular flexibility index (Phi) is 4.55. The second kappa shape index (κ2) is 6.08. The molecular weight excluding hydrogens is 286 g/mol. The van der Waals surface area contributed by atoms with Crippen molar-refractivity contribution in [3.8, 4) is 0 Å². The van der Waals surface area contributed by atoms with Crippen LogP contribution in [-0.4, -0.2) is 57.5 Å². The van der Waals surface area contributed by atoms with Crippen LogP contribution < -0.4 is 0 Å². The monoisotopic (exact) mass is 309 g/mol. The molecule has 0 saturated carbocycles. The van der Waals surface area contributed by atoms with Crippen LogP contribution in [0.3, 0.4) is 0 Å². The van der Waals surface area contributed by atoms with Gasteiger partial charge in [-0.25, -0.2) is 0 Å². The van der Waals surface area contributed by atoms with E-state index < -0.39 is 12.1 Å². The lowest BCUT2D eigenvalue weighted by atomic mass is 9.92. The van der Waals surface area contributed by atoms with Crippen LogP contribution in [0.4, 0.5) is 0 Å². The Labute approximate surface area is 129 Å². The van der Waals surface area contributed by atoms with E-state index in [1.54, 1.807) is 16.6 Å². The molecule has 1 fully saturated rings. The molecule has 1 aromatic rings. The Balaban J connectivity index is 2.14. The molecule has 0 aliphatic carbocycles. The molecule has 0 aromatic carbocycles. The molecule has 1 saturated heterocycles. The van der Waals surface area contributed by atoms with E-state index in [1.165, 1.54) is 0 Å². The van der Waals surface area contributed by atoms with Crippen molar-refractivity contribution in [2.75, 3.05) is 19.7 Å². The standard InChI is InChI=1S/C15H23N3O4/c1-15(2,3)12-8-11(17(4)16-12)14(21)18-5-6-22-10(9-18)7-13(19)20/h8,10H,5-7,9H2,1-4H3,(H,19,20). The van der Waals surface area contributed by atoms with Crippen LogP contribution in [-0.2, 0) is 22.0 Å². The van der Waals surface area contributed by atoms with E-state index in [0.717, 1.165) is 5.69 Å². The Morgan fingerprint density at radius 2 is 2.14 bits per heavy atom. The number of hydrogen-bond donors (Lipinski definition) is 1. The lowest BCUT2D eigenvalue weighted by Crippen LogP contribution is -2.46. The second-order valence-electron chi connectivity index (χ2n) is 6.63. The smallest absolute Gasteiger partial charge is 0.306 e. The largest absolute Gasteiger partial charge is 0.481 e. The summed E-state index contributed by atoms with van der Waals surface area (Å²) in [4.78, 5) is 25.1. The first-order chi connectivity index (χ1) is 10.2. The molecule has 0 spiro atoms. The molecule has 1 amide bonds. The summed E-state index contributed by atoms with van der Waals surface area (Å²) in [5, 5.41) is 13.3. The molecule has 1 unspecified atom stereocenters. The van der Waals surface area contributed by atoms with E-state index in [1.807, 2.05) is 26.8 Å². The minimum Gasteiger partial charge on any atom is -0.481 e. The molecule has 1 aliphatic rings. The number of carboxylic acids is 1. The van der Waals surface area contributed by atoms with E-state index in [2.05, 4.69) is 5.10 Å². The van der Waals surface area contributed by atoms with E-state index in [9.17, 15) is 9.59 Å². The molecule has 122 valence electrons. The van der Waals surface area contributed by atoms with Crippen LogP contribution in [0.2, 0.25) is 0 Å². The summed E-state index contributed by atoms with van der Waals surface area (Å²) in [5.41, 5.74) is 1.24. The van der Waals surface area contributed by atoms with Gasteiger partial charge in [0, 0.05) is 25.6 Å². The number of aliphatic carboxylic acids is 1. The number of ether oxygens (including phenoxy) is 1. The van der Waals surface area contributed by atoms with Gasteiger partial charge in [-0.15, -0.1) is 0 Å². The van der Waals surface area contributed by atoms with E-state index in [4.69, 9.17) is 9.84 Å². The number of morpholine rings is 1. The van der Waals surface area contributed by atoms with Crippen molar-refractivity contribution < 1.29 is 19.4 Å². The molecule has 2 rings (SSSR count). The zero-order chi connectivity index (χ0) is 16.5. The van der Waals surface area contributed by atoms with Gasteiger partial charge in [-0.05, 0) is 6.07 Å². The van der Waals surface area contributed by atoms with Crippen molar-refractivity contribution in [2.45, 2.75) is 38.7 Å². The molecule has 1 aromatic heterocycles. The molecule has 1 atom stereocenters. The highest BCUT2D eigenvalue weighted by Gasteiger charge is 2.29. The predicted octanol–water partition coefficient (Wildman–Crippen LogP) is 1.03. The van der Waals surface area contributed by atoms with Gasteiger partial charge < -0.3 is 14.7 Å². The molecule has 1 aliphatic heterocycles. The van der Waals surface area contributed by atoms with Crippen LogP contribution in [0.5, 0.6) is 0 Å². The average molecular weight is 309 g/mol.